The first kappa shape index (κ1) is 15.0. The molecule has 0 aromatic carbocycles. The molecule has 2 unspecified atom stereocenters. The van der Waals surface area contributed by atoms with Crippen LogP contribution in [0.15, 0.2) is 6.07 Å². The van der Waals surface area contributed by atoms with E-state index in [4.69, 9.17) is 10.6 Å². The van der Waals surface area contributed by atoms with E-state index >= 15 is 0 Å². The van der Waals surface area contributed by atoms with Crippen molar-refractivity contribution in [1.29, 1.82) is 0 Å². The van der Waals surface area contributed by atoms with E-state index in [-0.39, 0.29) is 12.0 Å². The van der Waals surface area contributed by atoms with Gasteiger partial charge in [0.15, 0.2) is 0 Å². The Morgan fingerprint density at radius 2 is 2.20 bits per heavy atom. The first-order valence-electron chi connectivity index (χ1n) is 7.18. The van der Waals surface area contributed by atoms with Crippen molar-refractivity contribution in [1.82, 2.24) is 9.97 Å². The zero-order chi connectivity index (χ0) is 14.7. The number of hydrazine groups is 1. The van der Waals surface area contributed by atoms with E-state index in [1.54, 1.807) is 7.11 Å². The summed E-state index contributed by atoms with van der Waals surface area (Å²) in [7, 11) is 1.77. The molecule has 0 bridgehead atoms. The molecule has 3 N–H and O–H groups in total. The van der Waals surface area contributed by atoms with Crippen LogP contribution in [-0.2, 0) is 4.74 Å². The summed E-state index contributed by atoms with van der Waals surface area (Å²) >= 11 is 0. The summed E-state index contributed by atoms with van der Waals surface area (Å²) in [6.45, 7) is 8.24. The van der Waals surface area contributed by atoms with Gasteiger partial charge in [-0.15, -0.1) is 0 Å². The highest BCUT2D eigenvalue weighted by Gasteiger charge is 2.27. The van der Waals surface area contributed by atoms with Crippen molar-refractivity contribution in [2.75, 3.05) is 30.5 Å². The van der Waals surface area contributed by atoms with Gasteiger partial charge in [-0.3, -0.25) is 0 Å². The van der Waals surface area contributed by atoms with Gasteiger partial charge in [0.2, 0.25) is 0 Å². The Bertz CT molecular complexity index is 451. The van der Waals surface area contributed by atoms with Crippen LogP contribution in [0.5, 0.6) is 0 Å². The average Bonchev–Trinajstić information content (AvgIpc) is 2.47. The number of hydrogen-bond donors (Lipinski definition) is 2. The van der Waals surface area contributed by atoms with Crippen molar-refractivity contribution in [3.63, 3.8) is 0 Å². The van der Waals surface area contributed by atoms with Crippen LogP contribution in [-0.4, -0.2) is 36.3 Å². The lowest BCUT2D eigenvalue weighted by molar-refractivity contribution is 0.0496. The monoisotopic (exact) mass is 279 g/mol. The van der Waals surface area contributed by atoms with Crippen LogP contribution < -0.4 is 16.2 Å². The van der Waals surface area contributed by atoms with Crippen molar-refractivity contribution in [2.24, 2.45) is 11.8 Å². The fourth-order valence-electron chi connectivity index (χ4n) is 2.50. The summed E-state index contributed by atoms with van der Waals surface area (Å²) in [6.07, 6.45) is 1.35. The molecule has 112 valence electrons. The van der Waals surface area contributed by atoms with Crippen molar-refractivity contribution in [2.45, 2.75) is 39.2 Å². The molecule has 20 heavy (non-hydrogen) atoms. The van der Waals surface area contributed by atoms with Gasteiger partial charge in [-0.25, -0.2) is 15.8 Å². The third-order valence-electron chi connectivity index (χ3n) is 3.91. The molecule has 2 heterocycles. The molecule has 1 aliphatic heterocycles. The minimum absolute atomic E-state index is 0.246. The lowest BCUT2D eigenvalue weighted by Gasteiger charge is -2.37. The Morgan fingerprint density at radius 1 is 1.45 bits per heavy atom. The van der Waals surface area contributed by atoms with E-state index in [0.29, 0.717) is 11.7 Å². The highest BCUT2D eigenvalue weighted by atomic mass is 16.5. The average molecular weight is 279 g/mol. The van der Waals surface area contributed by atoms with Crippen LogP contribution >= 0.6 is 0 Å². The van der Waals surface area contributed by atoms with Gasteiger partial charge in [0.25, 0.3) is 0 Å². The van der Waals surface area contributed by atoms with Gasteiger partial charge in [-0.2, -0.15) is 0 Å². The van der Waals surface area contributed by atoms with E-state index in [1.807, 2.05) is 6.07 Å². The Labute approximate surface area is 120 Å². The third kappa shape index (κ3) is 3.19. The second kappa shape index (κ2) is 6.37. The van der Waals surface area contributed by atoms with Gasteiger partial charge in [0.05, 0.1) is 6.10 Å². The Kier molecular flexibility index (Phi) is 4.77. The summed E-state index contributed by atoms with van der Waals surface area (Å²) in [5, 5.41) is 0. The standard InChI is InChI=1S/C14H25N5O/c1-9(2)14-16-12(18-15)7-13(17-14)19-6-5-10(3)11(8-19)20-4/h7,9-11H,5-6,8,15H2,1-4H3,(H,16,17,18). The van der Waals surface area contributed by atoms with Gasteiger partial charge in [-0.05, 0) is 12.3 Å². The normalized spacial score (nSPS) is 23.2. The largest absolute Gasteiger partial charge is 0.379 e. The highest BCUT2D eigenvalue weighted by molar-refractivity contribution is 5.49. The quantitative estimate of drug-likeness (QED) is 0.646. The van der Waals surface area contributed by atoms with Crippen LogP contribution in [0.25, 0.3) is 0 Å². The van der Waals surface area contributed by atoms with E-state index in [1.165, 1.54) is 0 Å². The number of aromatic nitrogens is 2. The number of piperidine rings is 1. The molecule has 1 aromatic rings. The van der Waals surface area contributed by atoms with E-state index in [0.717, 1.165) is 31.2 Å². The fourth-order valence-corrected chi connectivity index (χ4v) is 2.50. The molecule has 1 aliphatic rings. The lowest BCUT2D eigenvalue weighted by atomic mass is 9.96. The first-order valence-corrected chi connectivity index (χ1v) is 7.18. The molecule has 0 saturated carbocycles. The molecular formula is C14H25N5O. The predicted molar refractivity (Wildman–Crippen MR) is 80.7 cm³/mol. The summed E-state index contributed by atoms with van der Waals surface area (Å²) < 4.78 is 5.56. The molecule has 6 nitrogen and oxygen atoms in total. The molecule has 1 saturated heterocycles. The molecule has 1 aromatic heterocycles. The maximum atomic E-state index is 5.56. The smallest absolute Gasteiger partial charge is 0.145 e. The van der Waals surface area contributed by atoms with E-state index in [2.05, 4.69) is 41.1 Å². The SMILES string of the molecule is COC1CN(c2cc(NN)nc(C(C)C)n2)CCC1C. The van der Waals surface area contributed by atoms with Gasteiger partial charge in [-0.1, -0.05) is 20.8 Å². The Hall–Kier alpha value is -1.40. The minimum Gasteiger partial charge on any atom is -0.379 e. The van der Waals surface area contributed by atoms with Crippen molar-refractivity contribution < 1.29 is 4.74 Å². The topological polar surface area (TPSA) is 76.3 Å². The van der Waals surface area contributed by atoms with Crippen molar-refractivity contribution >= 4 is 11.6 Å². The number of ether oxygens (including phenoxy) is 1. The highest BCUT2D eigenvalue weighted by Crippen LogP contribution is 2.26. The number of hydrogen-bond acceptors (Lipinski definition) is 6. The molecule has 0 spiro atoms. The summed E-state index contributed by atoms with van der Waals surface area (Å²) in [6, 6.07) is 1.90. The molecule has 0 amide bonds. The lowest BCUT2D eigenvalue weighted by Crippen LogP contribution is -2.44. The van der Waals surface area contributed by atoms with E-state index in [9.17, 15) is 0 Å². The molecule has 0 radical (unpaired) electrons. The molecule has 1 fully saturated rings. The van der Waals surface area contributed by atoms with Crippen LogP contribution in [0.4, 0.5) is 11.6 Å². The van der Waals surface area contributed by atoms with Crippen LogP contribution in [0.1, 0.15) is 38.9 Å². The van der Waals surface area contributed by atoms with Crippen LogP contribution in [0, 0.1) is 5.92 Å². The molecule has 2 rings (SSSR count). The van der Waals surface area contributed by atoms with Gasteiger partial charge in [0, 0.05) is 32.2 Å². The summed E-state index contributed by atoms with van der Waals surface area (Å²) in [5.74, 6) is 8.74. The Balaban J connectivity index is 2.25. The van der Waals surface area contributed by atoms with Crippen molar-refractivity contribution in [3.8, 4) is 0 Å². The van der Waals surface area contributed by atoms with E-state index < -0.39 is 0 Å². The molecular weight excluding hydrogens is 254 g/mol. The first-order chi connectivity index (χ1) is 9.55. The number of nitrogens with two attached hydrogens (primary N) is 1. The van der Waals surface area contributed by atoms with Crippen molar-refractivity contribution in [3.05, 3.63) is 11.9 Å². The van der Waals surface area contributed by atoms with Gasteiger partial charge < -0.3 is 15.1 Å². The third-order valence-corrected chi connectivity index (χ3v) is 3.91. The number of anilines is 2. The van der Waals surface area contributed by atoms with Gasteiger partial charge in [0.1, 0.15) is 17.5 Å². The number of nitrogens with zero attached hydrogens (tertiary/aromatic N) is 3. The molecule has 6 heteroatoms. The predicted octanol–water partition coefficient (Wildman–Crippen LogP) is 1.75. The minimum atomic E-state index is 0.246. The summed E-state index contributed by atoms with van der Waals surface area (Å²) in [4.78, 5) is 11.3. The fraction of sp³-hybridized carbons (Fsp3) is 0.714. The zero-order valence-corrected chi connectivity index (χ0v) is 12.8. The second-order valence-electron chi connectivity index (χ2n) is 5.75. The summed E-state index contributed by atoms with van der Waals surface area (Å²) in [5.41, 5.74) is 2.63. The number of nitrogen functional groups attached to an aromatic ring is 1. The van der Waals surface area contributed by atoms with Crippen LogP contribution in [0.2, 0.25) is 0 Å². The van der Waals surface area contributed by atoms with Crippen LogP contribution in [0.3, 0.4) is 0 Å². The maximum absolute atomic E-state index is 5.56. The number of methoxy groups -OCH3 is 1. The molecule has 0 aliphatic carbocycles. The number of nitrogens with one attached hydrogen (secondary N) is 1. The molecule has 2 atom stereocenters. The zero-order valence-electron chi connectivity index (χ0n) is 12.8. The maximum Gasteiger partial charge on any atom is 0.145 e. The second-order valence-corrected chi connectivity index (χ2v) is 5.75. The van der Waals surface area contributed by atoms with Gasteiger partial charge >= 0.3 is 0 Å². The Morgan fingerprint density at radius 3 is 2.80 bits per heavy atom. The number of rotatable bonds is 4.